The number of carbonyl (C=O) groups is 1. The molecule has 0 saturated heterocycles. The maximum absolute atomic E-state index is 14.7. The lowest BCUT2D eigenvalue weighted by Crippen LogP contribution is -2.35. The average Bonchev–Trinajstić information content (AvgIpc) is 3.41. The van der Waals surface area contributed by atoms with Gasteiger partial charge in [-0.25, -0.2) is 4.39 Å². The summed E-state index contributed by atoms with van der Waals surface area (Å²) in [7, 11) is 0. The van der Waals surface area contributed by atoms with Gasteiger partial charge in [-0.05, 0) is 52.2 Å². The Labute approximate surface area is 177 Å². The van der Waals surface area contributed by atoms with Gasteiger partial charge in [0, 0.05) is 29.1 Å². The quantitative estimate of drug-likeness (QED) is 0.508. The molecule has 4 aromatic rings. The van der Waals surface area contributed by atoms with Gasteiger partial charge in [0.15, 0.2) is 11.6 Å². The van der Waals surface area contributed by atoms with Gasteiger partial charge >= 0.3 is 0 Å². The summed E-state index contributed by atoms with van der Waals surface area (Å²) in [6, 6.07) is 15.2. The molecule has 1 amide bonds. The molecule has 2 aromatic heterocycles. The number of fused-ring (bicyclic) bond motifs is 2. The number of pyridine rings is 1. The summed E-state index contributed by atoms with van der Waals surface area (Å²) in [5, 5.41) is 7.81. The minimum Gasteiger partial charge on any atom is -0.485 e. The van der Waals surface area contributed by atoms with Gasteiger partial charge in [0.05, 0.1) is 18.5 Å². The molecular weight excluding hydrogens is 399 g/mol. The Hall–Kier alpha value is -3.25. The number of hydrogen-bond donors (Lipinski definition) is 1. The van der Waals surface area contributed by atoms with Crippen molar-refractivity contribution < 1.29 is 13.9 Å². The van der Waals surface area contributed by atoms with E-state index in [2.05, 4.69) is 10.3 Å². The van der Waals surface area contributed by atoms with Crippen LogP contribution in [0.5, 0.6) is 5.75 Å². The summed E-state index contributed by atoms with van der Waals surface area (Å²) < 4.78 is 20.5. The Morgan fingerprint density at radius 2 is 2.10 bits per heavy atom. The molecule has 1 aliphatic heterocycles. The van der Waals surface area contributed by atoms with Gasteiger partial charge < -0.3 is 10.1 Å². The second-order valence-electron chi connectivity index (χ2n) is 7.42. The van der Waals surface area contributed by atoms with Crippen molar-refractivity contribution in [3.8, 4) is 16.9 Å². The van der Waals surface area contributed by atoms with E-state index in [0.717, 1.165) is 33.2 Å². The van der Waals surface area contributed by atoms with Crippen LogP contribution in [0.3, 0.4) is 0 Å². The van der Waals surface area contributed by atoms with Gasteiger partial charge in [0.1, 0.15) is 6.10 Å². The number of rotatable bonds is 5. The number of aromatic nitrogens is 1. The fraction of sp³-hybridized carbons (Fsp3) is 0.167. The molecular formula is C24H19FN2O2S. The molecule has 30 heavy (non-hydrogen) atoms. The van der Waals surface area contributed by atoms with Crippen LogP contribution in [0.4, 0.5) is 4.39 Å². The Kier molecular flexibility index (Phi) is 4.93. The molecule has 0 aliphatic carbocycles. The molecule has 6 heteroatoms. The van der Waals surface area contributed by atoms with Crippen LogP contribution < -0.4 is 10.1 Å². The van der Waals surface area contributed by atoms with E-state index >= 15 is 0 Å². The zero-order valence-electron chi connectivity index (χ0n) is 16.1. The van der Waals surface area contributed by atoms with Gasteiger partial charge in [0.25, 0.3) is 0 Å². The second-order valence-corrected chi connectivity index (χ2v) is 8.20. The first-order chi connectivity index (χ1) is 14.7. The molecule has 0 bridgehead atoms. The topological polar surface area (TPSA) is 51.2 Å². The zero-order valence-corrected chi connectivity index (χ0v) is 16.9. The smallest absolute Gasteiger partial charge is 0.224 e. The lowest BCUT2D eigenvalue weighted by atomic mass is 10.0. The highest BCUT2D eigenvalue weighted by molar-refractivity contribution is 7.08. The van der Waals surface area contributed by atoms with Crippen LogP contribution in [0.2, 0.25) is 0 Å². The van der Waals surface area contributed by atoms with Crippen LogP contribution in [0.15, 0.2) is 65.5 Å². The average molecular weight is 418 g/mol. The predicted octanol–water partition coefficient (Wildman–Crippen LogP) is 4.76. The third-order valence-corrected chi connectivity index (χ3v) is 5.98. The SMILES string of the molecule is O=C(Cc1ccsc1)NC[C@H]1Cc2cc(-c3cnc4ccccc4c3)cc(F)c2O1. The number of hydrogen-bond acceptors (Lipinski definition) is 4. The van der Waals surface area contributed by atoms with E-state index in [-0.39, 0.29) is 23.6 Å². The Bertz CT molecular complexity index is 1220. The highest BCUT2D eigenvalue weighted by Crippen LogP contribution is 2.36. The van der Waals surface area contributed by atoms with Crippen LogP contribution in [0.1, 0.15) is 11.1 Å². The highest BCUT2D eigenvalue weighted by Gasteiger charge is 2.27. The van der Waals surface area contributed by atoms with Gasteiger partial charge in [-0.3, -0.25) is 9.78 Å². The standard InChI is InChI=1S/C24H19FN2O2S/c25-21-11-17(19-8-16-3-1-2-4-22(16)26-12-19)9-18-10-20(29-24(18)21)13-27-23(28)7-15-5-6-30-14-15/h1-6,8-9,11-12,14,20H,7,10,13H2,(H,27,28)/t20-/m1/s1. The maximum atomic E-state index is 14.7. The van der Waals surface area contributed by atoms with E-state index in [1.54, 1.807) is 17.5 Å². The van der Waals surface area contributed by atoms with Gasteiger partial charge in [-0.1, -0.05) is 18.2 Å². The van der Waals surface area contributed by atoms with E-state index in [1.807, 2.05) is 53.2 Å². The summed E-state index contributed by atoms with van der Waals surface area (Å²) in [5.41, 5.74) is 4.35. The number of halogens is 1. The number of thiophene rings is 1. The lowest BCUT2D eigenvalue weighted by molar-refractivity contribution is -0.120. The molecule has 0 radical (unpaired) electrons. The molecule has 0 fully saturated rings. The van der Waals surface area contributed by atoms with Gasteiger partial charge in [-0.2, -0.15) is 11.3 Å². The van der Waals surface area contributed by atoms with Crippen LogP contribution in [0, 0.1) is 5.82 Å². The highest BCUT2D eigenvalue weighted by atomic mass is 32.1. The second kappa shape index (κ2) is 7.88. The number of ether oxygens (including phenoxy) is 1. The van der Waals surface area contributed by atoms with Crippen LogP contribution in [0.25, 0.3) is 22.0 Å². The normalized spacial score (nSPS) is 15.0. The number of benzene rings is 2. The number of nitrogens with zero attached hydrogens (tertiary/aromatic N) is 1. The summed E-state index contributed by atoms with van der Waals surface area (Å²) in [4.78, 5) is 16.6. The first kappa shape index (κ1) is 18.8. The summed E-state index contributed by atoms with van der Waals surface area (Å²) >= 11 is 1.57. The van der Waals surface area contributed by atoms with Crippen molar-refractivity contribution in [1.82, 2.24) is 10.3 Å². The Balaban J connectivity index is 1.30. The summed E-state index contributed by atoms with van der Waals surface area (Å²) in [6.07, 6.45) is 2.39. The molecule has 0 unspecified atom stereocenters. The molecule has 0 saturated carbocycles. The van der Waals surface area contributed by atoms with Crippen molar-refractivity contribution in [1.29, 1.82) is 0 Å². The number of amides is 1. The molecule has 0 spiro atoms. The van der Waals surface area contributed by atoms with E-state index in [0.29, 0.717) is 19.4 Å². The van der Waals surface area contributed by atoms with Crippen molar-refractivity contribution >= 4 is 28.1 Å². The van der Waals surface area contributed by atoms with Crippen LogP contribution in [-0.2, 0) is 17.6 Å². The zero-order chi connectivity index (χ0) is 20.5. The van der Waals surface area contributed by atoms with E-state index in [1.165, 1.54) is 6.07 Å². The minimum absolute atomic E-state index is 0.0589. The molecule has 1 N–H and O–H groups in total. The van der Waals surface area contributed by atoms with Crippen LogP contribution in [-0.4, -0.2) is 23.5 Å². The lowest BCUT2D eigenvalue weighted by Gasteiger charge is -2.12. The third kappa shape index (κ3) is 3.78. The van der Waals surface area contributed by atoms with E-state index < -0.39 is 0 Å². The van der Waals surface area contributed by atoms with Gasteiger partial charge in [0.2, 0.25) is 5.91 Å². The minimum atomic E-state index is -0.386. The number of carbonyl (C=O) groups excluding carboxylic acids is 1. The first-order valence-electron chi connectivity index (χ1n) is 9.78. The molecule has 4 nitrogen and oxygen atoms in total. The first-order valence-corrected chi connectivity index (χ1v) is 10.7. The molecule has 2 aromatic carbocycles. The summed E-state index contributed by atoms with van der Waals surface area (Å²) in [6.45, 7) is 0.351. The van der Waals surface area contributed by atoms with Crippen LogP contribution >= 0.6 is 11.3 Å². The van der Waals surface area contributed by atoms with E-state index in [4.69, 9.17) is 4.74 Å². The number of nitrogens with one attached hydrogen (secondary N) is 1. The van der Waals surface area contributed by atoms with Crippen molar-refractivity contribution in [3.63, 3.8) is 0 Å². The van der Waals surface area contributed by atoms with Crippen molar-refractivity contribution in [2.75, 3.05) is 6.54 Å². The summed E-state index contributed by atoms with van der Waals surface area (Å²) in [5.74, 6) is -0.163. The number of para-hydroxylation sites is 1. The van der Waals surface area contributed by atoms with Crippen molar-refractivity contribution in [3.05, 3.63) is 82.4 Å². The third-order valence-electron chi connectivity index (χ3n) is 5.25. The Morgan fingerprint density at radius 3 is 2.97 bits per heavy atom. The Morgan fingerprint density at radius 1 is 1.20 bits per heavy atom. The van der Waals surface area contributed by atoms with Crippen molar-refractivity contribution in [2.24, 2.45) is 0 Å². The van der Waals surface area contributed by atoms with E-state index in [9.17, 15) is 9.18 Å². The monoisotopic (exact) mass is 418 g/mol. The molecule has 3 heterocycles. The van der Waals surface area contributed by atoms with Gasteiger partial charge in [-0.15, -0.1) is 0 Å². The predicted molar refractivity (Wildman–Crippen MR) is 116 cm³/mol. The fourth-order valence-electron chi connectivity index (χ4n) is 3.77. The molecule has 1 aliphatic rings. The van der Waals surface area contributed by atoms with Crippen molar-refractivity contribution in [2.45, 2.75) is 18.9 Å². The maximum Gasteiger partial charge on any atom is 0.224 e. The molecule has 5 rings (SSSR count). The fourth-order valence-corrected chi connectivity index (χ4v) is 4.43. The molecule has 150 valence electrons. The molecule has 1 atom stereocenters. The largest absolute Gasteiger partial charge is 0.485 e.